The first kappa shape index (κ1) is 14.8. The maximum absolute atomic E-state index is 14.0. The molecule has 0 unspecified atom stereocenters. The van der Waals surface area contributed by atoms with Crippen LogP contribution in [0.4, 0.5) is 9.18 Å². The number of carbonyl (C=O) groups is 2. The van der Waals surface area contributed by atoms with E-state index >= 15 is 0 Å². The Balaban J connectivity index is 2.56. The molecule has 5 nitrogen and oxygen atoms in total. The number of allylic oxidation sites excluding steroid dienone is 1. The summed E-state index contributed by atoms with van der Waals surface area (Å²) in [6.45, 7) is 1.57. The predicted molar refractivity (Wildman–Crippen MR) is 78.2 cm³/mol. The van der Waals surface area contributed by atoms with Crippen molar-refractivity contribution in [3.05, 3.63) is 44.4 Å². The molecule has 7 heteroatoms. The Hall–Kier alpha value is -1.64. The van der Waals surface area contributed by atoms with Crippen LogP contribution in [0.5, 0.6) is 0 Å². The van der Waals surface area contributed by atoms with Crippen molar-refractivity contribution < 1.29 is 18.7 Å². The lowest BCUT2D eigenvalue weighted by molar-refractivity contribution is -0.136. The van der Waals surface area contributed by atoms with Crippen molar-refractivity contribution in [3.63, 3.8) is 0 Å². The number of nitrogens with one attached hydrogen (secondary N) is 2. The average molecular weight is 390 g/mol. The van der Waals surface area contributed by atoms with Crippen LogP contribution in [0, 0.1) is 9.39 Å². The molecule has 1 atom stereocenters. The quantitative estimate of drug-likeness (QED) is 0.602. The average Bonchev–Trinajstić information content (AvgIpc) is 2.40. The fraction of sp³-hybridized carbons (Fsp3) is 0.231. The van der Waals surface area contributed by atoms with Crippen molar-refractivity contribution in [1.82, 2.24) is 10.6 Å². The Kier molecular flexibility index (Phi) is 4.26. The topological polar surface area (TPSA) is 67.4 Å². The minimum Gasteiger partial charge on any atom is -0.466 e. The van der Waals surface area contributed by atoms with Gasteiger partial charge in [0.15, 0.2) is 0 Å². The van der Waals surface area contributed by atoms with E-state index < -0.39 is 23.9 Å². The van der Waals surface area contributed by atoms with E-state index in [1.807, 2.05) is 22.6 Å². The molecule has 0 aromatic heterocycles. The summed E-state index contributed by atoms with van der Waals surface area (Å²) < 4.78 is 19.5. The Labute approximate surface area is 128 Å². The molecule has 0 fully saturated rings. The molecule has 1 heterocycles. The predicted octanol–water partition coefficient (Wildman–Crippen LogP) is 2.23. The Morgan fingerprint density at radius 2 is 2.15 bits per heavy atom. The lowest BCUT2D eigenvalue weighted by Gasteiger charge is -2.28. The molecule has 20 heavy (non-hydrogen) atoms. The van der Waals surface area contributed by atoms with Gasteiger partial charge in [-0.3, -0.25) is 0 Å². The Bertz CT molecular complexity index is 616. The molecule has 0 aliphatic carbocycles. The molecule has 1 aliphatic rings. The van der Waals surface area contributed by atoms with Gasteiger partial charge in [0.2, 0.25) is 0 Å². The lowest BCUT2D eigenvalue weighted by atomic mass is 9.95. The smallest absolute Gasteiger partial charge is 0.337 e. The molecular formula is C13H12FIN2O3. The molecule has 1 aliphatic heterocycles. The molecule has 106 valence electrons. The Morgan fingerprint density at radius 1 is 1.45 bits per heavy atom. The van der Waals surface area contributed by atoms with E-state index in [1.165, 1.54) is 13.2 Å². The van der Waals surface area contributed by atoms with Gasteiger partial charge in [-0.2, -0.15) is 0 Å². The van der Waals surface area contributed by atoms with Gasteiger partial charge in [0.05, 0.1) is 18.7 Å². The van der Waals surface area contributed by atoms with E-state index in [-0.39, 0.29) is 11.1 Å². The highest BCUT2D eigenvalue weighted by Crippen LogP contribution is 2.30. The summed E-state index contributed by atoms with van der Waals surface area (Å²) in [6, 6.07) is 3.14. The summed E-state index contributed by atoms with van der Waals surface area (Å²) in [6.07, 6.45) is 0. The molecular weight excluding hydrogens is 378 g/mol. The standard InChI is InChI=1S/C13H12FIN2O3/c1-6-10(12(18)20-2)11(17-13(19)16-6)8-5-7(15)3-4-9(8)14/h3-5,11H,1-2H3,(H2,16,17,19)/t11-/m0/s1. The summed E-state index contributed by atoms with van der Waals surface area (Å²) in [7, 11) is 1.24. The van der Waals surface area contributed by atoms with E-state index in [1.54, 1.807) is 19.1 Å². The van der Waals surface area contributed by atoms with Crippen LogP contribution in [-0.2, 0) is 9.53 Å². The second-order valence-electron chi connectivity index (χ2n) is 4.23. The second kappa shape index (κ2) is 5.78. The van der Waals surface area contributed by atoms with Gasteiger partial charge in [-0.1, -0.05) is 0 Å². The van der Waals surface area contributed by atoms with Crippen LogP contribution >= 0.6 is 22.6 Å². The number of amides is 2. The van der Waals surface area contributed by atoms with Gasteiger partial charge >= 0.3 is 12.0 Å². The molecule has 1 aromatic carbocycles. The largest absolute Gasteiger partial charge is 0.466 e. The maximum atomic E-state index is 14.0. The van der Waals surface area contributed by atoms with Crippen LogP contribution in [0.2, 0.25) is 0 Å². The first-order chi connectivity index (χ1) is 9.43. The highest BCUT2D eigenvalue weighted by molar-refractivity contribution is 14.1. The number of hydrogen-bond acceptors (Lipinski definition) is 3. The minimum atomic E-state index is -0.870. The number of hydrogen-bond donors (Lipinski definition) is 2. The third-order valence-electron chi connectivity index (χ3n) is 2.94. The van der Waals surface area contributed by atoms with Gasteiger partial charge in [-0.25, -0.2) is 14.0 Å². The van der Waals surface area contributed by atoms with Crippen LogP contribution in [-0.4, -0.2) is 19.1 Å². The van der Waals surface area contributed by atoms with Gasteiger partial charge < -0.3 is 15.4 Å². The van der Waals surface area contributed by atoms with E-state index in [0.717, 1.165) is 3.57 Å². The van der Waals surface area contributed by atoms with Crippen LogP contribution in [0.1, 0.15) is 18.5 Å². The van der Waals surface area contributed by atoms with Crippen LogP contribution in [0.25, 0.3) is 0 Å². The summed E-state index contributed by atoms with van der Waals surface area (Å²) in [5, 5.41) is 5.03. The van der Waals surface area contributed by atoms with E-state index in [4.69, 9.17) is 4.74 Å². The fourth-order valence-corrected chi connectivity index (χ4v) is 2.56. The molecule has 1 aromatic rings. The van der Waals surface area contributed by atoms with Crippen LogP contribution in [0.3, 0.4) is 0 Å². The normalized spacial score (nSPS) is 18.4. The monoisotopic (exact) mass is 390 g/mol. The summed E-state index contributed by atoms with van der Waals surface area (Å²) in [5.74, 6) is -1.11. The van der Waals surface area contributed by atoms with Crippen molar-refractivity contribution >= 4 is 34.6 Å². The zero-order chi connectivity index (χ0) is 14.9. The third kappa shape index (κ3) is 2.77. The summed E-state index contributed by atoms with van der Waals surface area (Å²) >= 11 is 2.04. The number of carbonyl (C=O) groups excluding carboxylic acids is 2. The minimum absolute atomic E-state index is 0.188. The van der Waals surface area contributed by atoms with Gasteiger partial charge in [0.1, 0.15) is 5.82 Å². The number of halogens is 2. The van der Waals surface area contributed by atoms with E-state index in [2.05, 4.69) is 10.6 Å². The SMILES string of the molecule is COC(=O)C1=C(C)NC(=O)N[C@H]1c1cc(I)ccc1F. The number of benzene rings is 1. The third-order valence-corrected chi connectivity index (χ3v) is 3.61. The second-order valence-corrected chi connectivity index (χ2v) is 5.47. The number of rotatable bonds is 2. The van der Waals surface area contributed by atoms with Crippen molar-refractivity contribution in [2.75, 3.05) is 7.11 Å². The molecule has 0 saturated carbocycles. The molecule has 2 amide bonds. The van der Waals surface area contributed by atoms with Crippen LogP contribution < -0.4 is 10.6 Å². The zero-order valence-electron chi connectivity index (χ0n) is 10.8. The molecule has 0 spiro atoms. The summed E-state index contributed by atoms with van der Waals surface area (Å²) in [5.41, 5.74) is 0.767. The highest BCUT2D eigenvalue weighted by atomic mass is 127. The van der Waals surface area contributed by atoms with Crippen molar-refractivity contribution in [3.8, 4) is 0 Å². The van der Waals surface area contributed by atoms with E-state index in [0.29, 0.717) is 5.70 Å². The summed E-state index contributed by atoms with van der Waals surface area (Å²) in [4.78, 5) is 23.4. The van der Waals surface area contributed by atoms with Crippen molar-refractivity contribution in [1.29, 1.82) is 0 Å². The Morgan fingerprint density at radius 3 is 2.80 bits per heavy atom. The molecule has 0 radical (unpaired) electrons. The number of esters is 1. The van der Waals surface area contributed by atoms with Crippen molar-refractivity contribution in [2.24, 2.45) is 0 Å². The molecule has 2 N–H and O–H groups in total. The van der Waals surface area contributed by atoms with E-state index in [9.17, 15) is 14.0 Å². The van der Waals surface area contributed by atoms with Gasteiger partial charge in [0, 0.05) is 14.8 Å². The first-order valence-corrected chi connectivity index (χ1v) is 6.83. The number of methoxy groups -OCH3 is 1. The molecule has 0 bridgehead atoms. The van der Waals surface area contributed by atoms with Crippen molar-refractivity contribution in [2.45, 2.75) is 13.0 Å². The zero-order valence-corrected chi connectivity index (χ0v) is 12.9. The van der Waals surface area contributed by atoms with Gasteiger partial charge in [-0.05, 0) is 47.7 Å². The lowest BCUT2D eigenvalue weighted by Crippen LogP contribution is -2.45. The number of ether oxygens (including phenoxy) is 1. The molecule has 2 rings (SSSR count). The first-order valence-electron chi connectivity index (χ1n) is 5.75. The fourth-order valence-electron chi connectivity index (χ4n) is 2.04. The molecule has 0 saturated heterocycles. The van der Waals surface area contributed by atoms with Gasteiger partial charge in [-0.15, -0.1) is 0 Å². The van der Waals surface area contributed by atoms with Gasteiger partial charge in [0.25, 0.3) is 0 Å². The highest BCUT2D eigenvalue weighted by Gasteiger charge is 2.33. The maximum Gasteiger partial charge on any atom is 0.337 e. The number of urea groups is 1. The van der Waals surface area contributed by atoms with Crippen LogP contribution in [0.15, 0.2) is 29.5 Å².